The number of halogens is 1. The summed E-state index contributed by atoms with van der Waals surface area (Å²) in [5.41, 5.74) is 1.54. The molecular formula is C17H17ClN4O3. The van der Waals surface area contributed by atoms with Crippen molar-refractivity contribution in [3.63, 3.8) is 0 Å². The molecule has 2 aromatic rings. The van der Waals surface area contributed by atoms with Crippen LogP contribution in [0.15, 0.2) is 35.1 Å². The number of hydrogen-bond donors (Lipinski definition) is 1. The van der Waals surface area contributed by atoms with Crippen molar-refractivity contribution in [3.05, 3.63) is 41.1 Å². The van der Waals surface area contributed by atoms with Gasteiger partial charge in [0.15, 0.2) is 5.82 Å². The number of amides is 3. The third kappa shape index (κ3) is 2.64. The van der Waals surface area contributed by atoms with E-state index in [4.69, 9.17) is 16.1 Å². The largest absolute Gasteiger partial charge is 0.363 e. The van der Waals surface area contributed by atoms with Crippen LogP contribution in [0.3, 0.4) is 0 Å². The van der Waals surface area contributed by atoms with Crippen LogP contribution in [0.4, 0.5) is 16.3 Å². The van der Waals surface area contributed by atoms with E-state index in [0.29, 0.717) is 30.5 Å². The molecule has 1 aromatic carbocycles. The molecule has 2 aliphatic heterocycles. The summed E-state index contributed by atoms with van der Waals surface area (Å²) in [6.07, 6.45) is 2.20. The third-order valence-corrected chi connectivity index (χ3v) is 5.23. The fourth-order valence-electron chi connectivity index (χ4n) is 3.77. The van der Waals surface area contributed by atoms with E-state index in [2.05, 4.69) is 10.5 Å². The van der Waals surface area contributed by atoms with Crippen LogP contribution in [-0.2, 0) is 10.2 Å². The molecule has 8 heteroatoms. The molecule has 1 spiro atoms. The second kappa shape index (κ2) is 5.77. The molecule has 0 saturated carbocycles. The Labute approximate surface area is 149 Å². The lowest BCUT2D eigenvalue weighted by Crippen LogP contribution is -2.41. The Morgan fingerprint density at radius 1 is 1.32 bits per heavy atom. The molecule has 4 rings (SSSR count). The van der Waals surface area contributed by atoms with Gasteiger partial charge >= 0.3 is 6.03 Å². The van der Waals surface area contributed by atoms with Crippen molar-refractivity contribution in [1.82, 2.24) is 10.1 Å². The topological polar surface area (TPSA) is 78.7 Å². The van der Waals surface area contributed by atoms with Crippen molar-refractivity contribution in [2.75, 3.05) is 29.9 Å². The van der Waals surface area contributed by atoms with Crippen LogP contribution < -0.4 is 10.2 Å². The van der Waals surface area contributed by atoms with Gasteiger partial charge in [0.05, 0.1) is 0 Å². The third-order valence-electron chi connectivity index (χ3n) is 5.00. The molecule has 1 unspecified atom stereocenters. The molecule has 0 bridgehead atoms. The number of rotatable bonds is 1. The number of carbonyl (C=O) groups is 2. The van der Waals surface area contributed by atoms with Crippen LogP contribution in [-0.4, -0.2) is 41.6 Å². The summed E-state index contributed by atoms with van der Waals surface area (Å²) in [6, 6.07) is 6.83. The van der Waals surface area contributed by atoms with Crippen molar-refractivity contribution >= 4 is 35.0 Å². The van der Waals surface area contributed by atoms with Crippen LogP contribution in [0, 0.1) is 0 Å². The number of likely N-dealkylation sites (tertiary alicyclic amines) is 1. The van der Waals surface area contributed by atoms with Crippen LogP contribution in [0.25, 0.3) is 0 Å². The monoisotopic (exact) mass is 360 g/mol. The number of nitrogens with zero attached hydrogens (tertiary/aromatic N) is 3. The highest BCUT2D eigenvalue weighted by Gasteiger charge is 2.49. The molecule has 3 amide bonds. The molecule has 1 saturated heterocycles. The first-order chi connectivity index (χ1) is 12.0. The van der Waals surface area contributed by atoms with Gasteiger partial charge in [-0.2, -0.15) is 0 Å². The minimum absolute atomic E-state index is 0.0472. The summed E-state index contributed by atoms with van der Waals surface area (Å²) >= 11 is 6.20. The summed E-state index contributed by atoms with van der Waals surface area (Å²) in [5, 5.41) is 7.07. The first-order valence-corrected chi connectivity index (χ1v) is 8.41. The Morgan fingerprint density at radius 2 is 2.16 bits per heavy atom. The number of carbonyl (C=O) groups excluding carboxylic acids is 2. The van der Waals surface area contributed by atoms with Crippen LogP contribution in [0.5, 0.6) is 0 Å². The summed E-state index contributed by atoms with van der Waals surface area (Å²) in [7, 11) is 0. The maximum absolute atomic E-state index is 12.7. The highest BCUT2D eigenvalue weighted by Crippen LogP contribution is 2.47. The van der Waals surface area contributed by atoms with Crippen molar-refractivity contribution in [2.45, 2.75) is 18.8 Å². The lowest BCUT2D eigenvalue weighted by Gasteiger charge is -2.25. The fourth-order valence-corrected chi connectivity index (χ4v) is 3.94. The molecular weight excluding hydrogens is 344 g/mol. The highest BCUT2D eigenvalue weighted by molar-refractivity contribution is 6.30. The summed E-state index contributed by atoms with van der Waals surface area (Å²) in [5.74, 6) is 0.407. The Balaban J connectivity index is 1.68. The number of benzene rings is 1. The van der Waals surface area contributed by atoms with Gasteiger partial charge in [-0.05, 0) is 30.2 Å². The van der Waals surface area contributed by atoms with E-state index in [-0.39, 0.29) is 17.4 Å². The van der Waals surface area contributed by atoms with E-state index in [0.717, 1.165) is 17.7 Å². The van der Waals surface area contributed by atoms with Gasteiger partial charge in [-0.25, -0.2) is 4.79 Å². The molecule has 1 N–H and O–H groups in total. The normalized spacial score (nSPS) is 21.7. The van der Waals surface area contributed by atoms with Crippen LogP contribution in [0.2, 0.25) is 5.02 Å². The number of urea groups is 1. The van der Waals surface area contributed by atoms with E-state index in [1.54, 1.807) is 24.0 Å². The number of fused-ring (bicyclic) bond motifs is 2. The van der Waals surface area contributed by atoms with E-state index < -0.39 is 0 Å². The smallest absolute Gasteiger partial charge is 0.327 e. The zero-order valence-electron chi connectivity index (χ0n) is 13.7. The predicted molar refractivity (Wildman–Crippen MR) is 92.9 cm³/mol. The Bertz CT molecular complexity index is 838. The molecule has 2 aliphatic rings. The summed E-state index contributed by atoms with van der Waals surface area (Å²) in [6.45, 7) is 3.33. The molecule has 1 aromatic heterocycles. The maximum Gasteiger partial charge on any atom is 0.327 e. The van der Waals surface area contributed by atoms with Gasteiger partial charge in [0.25, 0.3) is 0 Å². The van der Waals surface area contributed by atoms with Crippen LogP contribution >= 0.6 is 11.6 Å². The minimum Gasteiger partial charge on any atom is -0.363 e. The maximum atomic E-state index is 12.7. The number of anilines is 2. The van der Waals surface area contributed by atoms with Gasteiger partial charge in [-0.15, -0.1) is 0 Å². The average molecular weight is 361 g/mol. The Hall–Kier alpha value is -2.54. The summed E-state index contributed by atoms with van der Waals surface area (Å²) < 4.78 is 4.75. The van der Waals surface area contributed by atoms with Gasteiger partial charge in [0.2, 0.25) is 5.91 Å². The van der Waals surface area contributed by atoms with Gasteiger partial charge < -0.3 is 9.42 Å². The van der Waals surface area contributed by atoms with E-state index >= 15 is 0 Å². The molecule has 7 nitrogen and oxygen atoms in total. The van der Waals surface area contributed by atoms with Gasteiger partial charge in [-0.3, -0.25) is 15.0 Å². The highest BCUT2D eigenvalue weighted by atomic mass is 35.5. The number of hydrogen-bond acceptors (Lipinski definition) is 4. The van der Waals surface area contributed by atoms with Crippen molar-refractivity contribution in [1.29, 1.82) is 0 Å². The second-order valence-corrected chi connectivity index (χ2v) is 6.97. The number of aromatic nitrogens is 1. The Morgan fingerprint density at radius 3 is 2.84 bits per heavy atom. The van der Waals surface area contributed by atoms with Crippen molar-refractivity contribution in [2.24, 2.45) is 0 Å². The van der Waals surface area contributed by atoms with Gasteiger partial charge in [0, 0.05) is 48.7 Å². The molecule has 3 heterocycles. The lowest BCUT2D eigenvalue weighted by molar-refractivity contribution is -0.127. The molecule has 25 heavy (non-hydrogen) atoms. The standard InChI is InChI=1S/C17H17ClN4O3/c1-11(23)21-6-5-17(9-21)10-22(14-3-2-12(18)8-13(14)17)16(24)19-15-4-7-25-20-15/h2-4,7-8H,5-6,9-10H2,1H3,(H,19,20,24). The van der Waals surface area contributed by atoms with Crippen LogP contribution in [0.1, 0.15) is 18.9 Å². The quantitative estimate of drug-likeness (QED) is 0.848. The van der Waals surface area contributed by atoms with Crippen molar-refractivity contribution < 1.29 is 14.1 Å². The molecule has 0 radical (unpaired) electrons. The number of nitrogens with one attached hydrogen (secondary N) is 1. The Kier molecular flexibility index (Phi) is 3.68. The van der Waals surface area contributed by atoms with E-state index in [1.807, 2.05) is 17.0 Å². The molecule has 130 valence electrons. The molecule has 0 aliphatic carbocycles. The first-order valence-electron chi connectivity index (χ1n) is 8.03. The second-order valence-electron chi connectivity index (χ2n) is 6.53. The zero-order chi connectivity index (χ0) is 17.6. The minimum atomic E-state index is -0.285. The van der Waals surface area contributed by atoms with E-state index in [1.165, 1.54) is 6.26 Å². The van der Waals surface area contributed by atoms with Gasteiger partial charge in [0.1, 0.15) is 6.26 Å². The SMILES string of the molecule is CC(=O)N1CCC2(C1)CN(C(=O)Nc1ccon1)c1ccc(Cl)cc12. The zero-order valence-corrected chi connectivity index (χ0v) is 14.4. The lowest BCUT2D eigenvalue weighted by atomic mass is 9.81. The predicted octanol–water partition coefficient (Wildman–Crippen LogP) is 2.87. The molecule has 1 fully saturated rings. The van der Waals surface area contributed by atoms with Gasteiger partial charge in [-0.1, -0.05) is 16.8 Å². The first kappa shape index (κ1) is 16.0. The fraction of sp³-hybridized carbons (Fsp3) is 0.353. The van der Waals surface area contributed by atoms with E-state index in [9.17, 15) is 9.59 Å². The summed E-state index contributed by atoms with van der Waals surface area (Å²) in [4.78, 5) is 28.0. The van der Waals surface area contributed by atoms with Crippen molar-refractivity contribution in [3.8, 4) is 0 Å². The molecule has 1 atom stereocenters. The average Bonchev–Trinajstić information content (AvgIpc) is 3.28.